The molecule has 0 saturated carbocycles. The predicted octanol–water partition coefficient (Wildman–Crippen LogP) is 4.62. The maximum Gasteiger partial charge on any atom is 0.416 e. The SMILES string of the molecule is O=C(c1ccc(SC(F)F)cc1)N1CCN(C(=O)c2cccc(C(F)(F)F)c2)CC1. The molecule has 1 aliphatic heterocycles. The summed E-state index contributed by atoms with van der Waals surface area (Å²) in [5.41, 5.74) is -0.612. The molecular weight excluding hydrogens is 427 g/mol. The van der Waals surface area contributed by atoms with Crippen molar-refractivity contribution in [2.24, 2.45) is 0 Å². The van der Waals surface area contributed by atoms with E-state index in [1.165, 1.54) is 46.2 Å². The van der Waals surface area contributed by atoms with Gasteiger partial charge in [-0.25, -0.2) is 0 Å². The summed E-state index contributed by atoms with van der Waals surface area (Å²) >= 11 is 0.385. The lowest BCUT2D eigenvalue weighted by Gasteiger charge is -2.35. The zero-order chi connectivity index (χ0) is 21.9. The van der Waals surface area contributed by atoms with Gasteiger partial charge in [-0.3, -0.25) is 9.59 Å². The molecule has 1 heterocycles. The molecule has 0 unspecified atom stereocenters. The molecule has 3 rings (SSSR count). The van der Waals surface area contributed by atoms with Gasteiger partial charge in [0.25, 0.3) is 17.6 Å². The Morgan fingerprint density at radius 3 is 1.87 bits per heavy atom. The van der Waals surface area contributed by atoms with Crippen molar-refractivity contribution in [2.45, 2.75) is 16.8 Å². The highest BCUT2D eigenvalue weighted by atomic mass is 32.2. The van der Waals surface area contributed by atoms with Gasteiger partial charge in [-0.1, -0.05) is 17.8 Å². The number of nitrogens with zero attached hydrogens (tertiary/aromatic N) is 2. The average molecular weight is 444 g/mol. The van der Waals surface area contributed by atoms with E-state index in [9.17, 15) is 31.5 Å². The number of thioether (sulfide) groups is 1. The molecule has 0 aliphatic carbocycles. The van der Waals surface area contributed by atoms with E-state index >= 15 is 0 Å². The van der Waals surface area contributed by atoms with E-state index in [4.69, 9.17) is 0 Å². The van der Waals surface area contributed by atoms with Gasteiger partial charge >= 0.3 is 6.18 Å². The number of hydrogen-bond acceptors (Lipinski definition) is 3. The second-order valence-corrected chi connectivity index (χ2v) is 7.63. The Morgan fingerprint density at radius 1 is 0.833 bits per heavy atom. The summed E-state index contributed by atoms with van der Waals surface area (Å²) in [6.07, 6.45) is -4.54. The number of piperazine rings is 1. The highest BCUT2D eigenvalue weighted by molar-refractivity contribution is 7.99. The third kappa shape index (κ3) is 5.29. The minimum absolute atomic E-state index is 0.0586. The molecule has 1 fully saturated rings. The molecule has 2 amide bonds. The Labute approximate surface area is 173 Å². The molecule has 0 bridgehead atoms. The summed E-state index contributed by atoms with van der Waals surface area (Å²) in [5, 5.41) is 0. The average Bonchev–Trinajstić information content (AvgIpc) is 2.72. The molecule has 10 heteroatoms. The first-order valence-corrected chi connectivity index (χ1v) is 9.84. The van der Waals surface area contributed by atoms with Gasteiger partial charge in [-0.05, 0) is 42.5 Å². The Bertz CT molecular complexity index is 910. The number of halogens is 5. The molecule has 1 saturated heterocycles. The van der Waals surface area contributed by atoms with Gasteiger partial charge in [-0.2, -0.15) is 22.0 Å². The van der Waals surface area contributed by atoms with Crippen molar-refractivity contribution in [2.75, 3.05) is 26.2 Å². The van der Waals surface area contributed by atoms with Crippen LogP contribution in [0.4, 0.5) is 22.0 Å². The van der Waals surface area contributed by atoms with Crippen molar-refractivity contribution in [1.82, 2.24) is 9.80 Å². The van der Waals surface area contributed by atoms with Crippen LogP contribution >= 0.6 is 11.8 Å². The molecule has 1 aliphatic rings. The Hall–Kier alpha value is -2.62. The molecule has 30 heavy (non-hydrogen) atoms. The number of carbonyl (C=O) groups excluding carboxylic acids is 2. The third-order valence-electron chi connectivity index (χ3n) is 4.62. The topological polar surface area (TPSA) is 40.6 Å². The van der Waals surface area contributed by atoms with Crippen LogP contribution in [-0.4, -0.2) is 53.6 Å². The van der Waals surface area contributed by atoms with Crippen LogP contribution in [0.15, 0.2) is 53.4 Å². The maximum absolute atomic E-state index is 12.9. The van der Waals surface area contributed by atoms with Crippen molar-refractivity contribution in [1.29, 1.82) is 0 Å². The van der Waals surface area contributed by atoms with Gasteiger partial charge in [0.2, 0.25) is 0 Å². The second-order valence-electron chi connectivity index (χ2n) is 6.57. The molecule has 0 N–H and O–H groups in total. The van der Waals surface area contributed by atoms with Crippen LogP contribution < -0.4 is 0 Å². The van der Waals surface area contributed by atoms with Crippen molar-refractivity contribution in [3.05, 3.63) is 65.2 Å². The maximum atomic E-state index is 12.9. The molecule has 0 radical (unpaired) electrons. The normalized spacial score (nSPS) is 14.9. The van der Waals surface area contributed by atoms with Crippen molar-refractivity contribution in [3.63, 3.8) is 0 Å². The van der Waals surface area contributed by atoms with E-state index in [1.807, 2.05) is 0 Å². The van der Waals surface area contributed by atoms with Gasteiger partial charge in [0.1, 0.15) is 0 Å². The summed E-state index contributed by atoms with van der Waals surface area (Å²) in [4.78, 5) is 28.4. The highest BCUT2D eigenvalue weighted by Crippen LogP contribution is 2.30. The summed E-state index contributed by atoms with van der Waals surface area (Å²) in [7, 11) is 0. The van der Waals surface area contributed by atoms with E-state index in [0.29, 0.717) is 22.2 Å². The van der Waals surface area contributed by atoms with Crippen molar-refractivity contribution >= 4 is 23.6 Å². The van der Waals surface area contributed by atoms with Crippen LogP contribution in [0.5, 0.6) is 0 Å². The molecular formula is C20H17F5N2O2S. The van der Waals surface area contributed by atoms with Gasteiger partial charge in [0.15, 0.2) is 0 Å². The number of alkyl halides is 5. The van der Waals surface area contributed by atoms with Crippen LogP contribution in [0.2, 0.25) is 0 Å². The fraction of sp³-hybridized carbons (Fsp3) is 0.300. The van der Waals surface area contributed by atoms with Gasteiger partial charge in [-0.15, -0.1) is 0 Å². The molecule has 0 aromatic heterocycles. The lowest BCUT2D eigenvalue weighted by Crippen LogP contribution is -2.50. The first-order chi connectivity index (χ1) is 14.1. The van der Waals surface area contributed by atoms with Crippen LogP contribution in [0.1, 0.15) is 26.3 Å². The molecule has 0 spiro atoms. The first-order valence-electron chi connectivity index (χ1n) is 8.96. The Kier molecular flexibility index (Phi) is 6.64. The number of benzene rings is 2. The van der Waals surface area contributed by atoms with Crippen LogP contribution in [0, 0.1) is 0 Å². The first kappa shape index (κ1) is 22.1. The molecule has 2 aromatic rings. The zero-order valence-corrected chi connectivity index (χ0v) is 16.4. The van der Waals surface area contributed by atoms with E-state index < -0.39 is 23.4 Å². The van der Waals surface area contributed by atoms with Crippen LogP contribution in [0.25, 0.3) is 0 Å². The predicted molar refractivity (Wildman–Crippen MR) is 102 cm³/mol. The Morgan fingerprint density at radius 2 is 1.37 bits per heavy atom. The van der Waals surface area contributed by atoms with Crippen molar-refractivity contribution < 1.29 is 31.5 Å². The lowest BCUT2D eigenvalue weighted by molar-refractivity contribution is -0.137. The number of carbonyl (C=O) groups is 2. The van der Waals surface area contributed by atoms with Crippen LogP contribution in [0.3, 0.4) is 0 Å². The standard InChI is InChI=1S/C20H17F5N2O2S/c21-19(22)30-16-6-4-13(5-7-16)17(28)26-8-10-27(11-9-26)18(29)14-2-1-3-15(12-14)20(23,24)25/h1-7,12,19H,8-11H2. The minimum Gasteiger partial charge on any atom is -0.335 e. The van der Waals surface area contributed by atoms with Gasteiger partial charge in [0, 0.05) is 42.2 Å². The van der Waals surface area contributed by atoms with E-state index in [2.05, 4.69) is 0 Å². The van der Waals surface area contributed by atoms with E-state index in [0.717, 1.165) is 12.1 Å². The fourth-order valence-electron chi connectivity index (χ4n) is 3.09. The summed E-state index contributed by atoms with van der Waals surface area (Å²) in [6, 6.07) is 10.0. The minimum atomic E-state index is -4.54. The van der Waals surface area contributed by atoms with Gasteiger partial charge < -0.3 is 9.80 Å². The van der Waals surface area contributed by atoms with Crippen LogP contribution in [-0.2, 0) is 6.18 Å². The highest BCUT2D eigenvalue weighted by Gasteiger charge is 2.32. The largest absolute Gasteiger partial charge is 0.416 e. The zero-order valence-electron chi connectivity index (χ0n) is 15.5. The number of rotatable bonds is 4. The monoisotopic (exact) mass is 444 g/mol. The molecule has 2 aromatic carbocycles. The summed E-state index contributed by atoms with van der Waals surface area (Å²) in [5.74, 6) is -3.37. The quantitative estimate of drug-likeness (QED) is 0.511. The fourth-order valence-corrected chi connectivity index (χ4v) is 3.58. The van der Waals surface area contributed by atoms with E-state index in [1.54, 1.807) is 0 Å². The second kappa shape index (κ2) is 9.03. The van der Waals surface area contributed by atoms with E-state index in [-0.39, 0.29) is 37.6 Å². The summed E-state index contributed by atoms with van der Waals surface area (Å²) in [6.45, 7) is 0.800. The van der Waals surface area contributed by atoms with Crippen molar-refractivity contribution in [3.8, 4) is 0 Å². The third-order valence-corrected chi connectivity index (χ3v) is 5.34. The lowest BCUT2D eigenvalue weighted by atomic mass is 10.1. The molecule has 0 atom stereocenters. The smallest absolute Gasteiger partial charge is 0.335 e. The molecule has 4 nitrogen and oxygen atoms in total. The van der Waals surface area contributed by atoms with Gasteiger partial charge in [0.05, 0.1) is 5.56 Å². The summed E-state index contributed by atoms with van der Waals surface area (Å²) < 4.78 is 63.3. The number of hydrogen-bond donors (Lipinski definition) is 0. The number of amides is 2. The molecule has 160 valence electrons. The Balaban J connectivity index is 1.60.